The Labute approximate surface area is 159 Å². The van der Waals surface area contributed by atoms with Crippen LogP contribution in [0.4, 0.5) is 0 Å². The number of Topliss-reactive ketones (excluding diaryl/α,β-unsaturated/α-hetero) is 1. The fourth-order valence-electron chi connectivity index (χ4n) is 4.42. The van der Waals surface area contributed by atoms with Gasteiger partial charge in [-0.1, -0.05) is 62.8 Å². The molecule has 1 unspecified atom stereocenters. The summed E-state index contributed by atoms with van der Waals surface area (Å²) >= 11 is 0. The predicted molar refractivity (Wildman–Crippen MR) is 109 cm³/mol. The molecule has 0 N–H and O–H groups in total. The molecule has 1 fully saturated rings. The monoisotopic (exact) mass is 354 g/mol. The second-order valence-corrected chi connectivity index (χ2v) is 8.47. The zero-order chi connectivity index (χ0) is 19.4. The smallest absolute Gasteiger partial charge is 0.142 e. The summed E-state index contributed by atoms with van der Waals surface area (Å²) in [6, 6.07) is 10.2. The average molecular weight is 355 g/mol. The van der Waals surface area contributed by atoms with Crippen LogP contribution in [0, 0.1) is 22.7 Å². The summed E-state index contributed by atoms with van der Waals surface area (Å²) < 4.78 is 6.08. The van der Waals surface area contributed by atoms with Crippen molar-refractivity contribution in [1.29, 1.82) is 0 Å². The van der Waals surface area contributed by atoms with Gasteiger partial charge in [0.2, 0.25) is 0 Å². The molecule has 1 aromatic carbocycles. The zero-order valence-corrected chi connectivity index (χ0v) is 16.9. The van der Waals surface area contributed by atoms with Gasteiger partial charge in [0.05, 0.1) is 13.2 Å². The van der Waals surface area contributed by atoms with Crippen LogP contribution < -0.4 is 0 Å². The molecule has 26 heavy (non-hydrogen) atoms. The molecule has 4 atom stereocenters. The lowest BCUT2D eigenvalue weighted by Crippen LogP contribution is -2.55. The molecule has 2 heteroatoms. The first-order chi connectivity index (χ1) is 12.2. The molecule has 142 valence electrons. The first-order valence-corrected chi connectivity index (χ1v) is 9.68. The Hall–Kier alpha value is -1.67. The van der Waals surface area contributed by atoms with Gasteiger partial charge in [0, 0.05) is 16.7 Å². The van der Waals surface area contributed by atoms with Gasteiger partial charge in [0.15, 0.2) is 0 Å². The first-order valence-electron chi connectivity index (χ1n) is 9.68. The minimum absolute atomic E-state index is 0.0588. The number of carbonyl (C=O) groups excluding carboxylic acids is 1. The lowest BCUT2D eigenvalue weighted by molar-refractivity contribution is -0.151. The van der Waals surface area contributed by atoms with E-state index in [9.17, 15) is 4.79 Å². The highest BCUT2D eigenvalue weighted by atomic mass is 16.5. The maximum Gasteiger partial charge on any atom is 0.142 e. The van der Waals surface area contributed by atoms with Gasteiger partial charge in [0.25, 0.3) is 0 Å². The van der Waals surface area contributed by atoms with Gasteiger partial charge >= 0.3 is 0 Å². The van der Waals surface area contributed by atoms with E-state index < -0.39 is 5.41 Å². The van der Waals surface area contributed by atoms with Crippen LogP contribution >= 0.6 is 0 Å². The van der Waals surface area contributed by atoms with Crippen molar-refractivity contribution in [3.63, 3.8) is 0 Å². The van der Waals surface area contributed by atoms with Crippen LogP contribution in [0.2, 0.25) is 0 Å². The first kappa shape index (κ1) is 20.6. The largest absolute Gasteiger partial charge is 0.376 e. The van der Waals surface area contributed by atoms with Crippen molar-refractivity contribution in [3.05, 3.63) is 60.7 Å². The molecule has 1 aromatic rings. The van der Waals surface area contributed by atoms with E-state index in [4.69, 9.17) is 4.74 Å². The Morgan fingerprint density at radius 2 is 1.96 bits per heavy atom. The highest BCUT2D eigenvalue weighted by Gasteiger charge is 2.56. The molecule has 0 aliphatic heterocycles. The summed E-state index contributed by atoms with van der Waals surface area (Å²) in [5.41, 5.74) is 1.60. The Bertz CT molecular complexity index is 647. The Morgan fingerprint density at radius 1 is 1.31 bits per heavy atom. The Morgan fingerprint density at radius 3 is 2.54 bits per heavy atom. The molecule has 2 rings (SSSR count). The van der Waals surface area contributed by atoms with E-state index in [0.29, 0.717) is 19.0 Å². The lowest BCUT2D eigenvalue weighted by atomic mass is 9.49. The van der Waals surface area contributed by atoms with E-state index in [0.717, 1.165) is 24.8 Å². The molecule has 1 aliphatic rings. The number of hydrogen-bond acceptors (Lipinski definition) is 2. The Balaban J connectivity index is 2.17. The molecule has 2 nitrogen and oxygen atoms in total. The van der Waals surface area contributed by atoms with E-state index in [2.05, 4.69) is 46.1 Å². The highest BCUT2D eigenvalue weighted by molar-refractivity contribution is 5.88. The van der Waals surface area contributed by atoms with E-state index in [1.807, 2.05) is 31.2 Å². The van der Waals surface area contributed by atoms with Crippen LogP contribution in [0.25, 0.3) is 0 Å². The molecule has 0 saturated heterocycles. The van der Waals surface area contributed by atoms with E-state index in [1.165, 1.54) is 5.56 Å². The van der Waals surface area contributed by atoms with Gasteiger partial charge in [0.1, 0.15) is 5.78 Å². The van der Waals surface area contributed by atoms with Gasteiger partial charge in [-0.15, -0.1) is 13.2 Å². The highest BCUT2D eigenvalue weighted by Crippen LogP contribution is 2.56. The summed E-state index contributed by atoms with van der Waals surface area (Å²) in [4.78, 5) is 13.2. The summed E-state index contributed by atoms with van der Waals surface area (Å²) in [5.74, 6) is 0.704. The van der Waals surface area contributed by atoms with Crippen molar-refractivity contribution in [2.75, 3.05) is 6.61 Å². The number of benzene rings is 1. The number of carbonyl (C=O) groups is 1. The quantitative estimate of drug-likeness (QED) is 0.537. The second-order valence-electron chi connectivity index (χ2n) is 8.47. The number of allylic oxidation sites excluding steroid dienone is 2. The van der Waals surface area contributed by atoms with Crippen LogP contribution in [0.5, 0.6) is 0 Å². The predicted octanol–water partition coefficient (Wildman–Crippen LogP) is 5.98. The lowest BCUT2D eigenvalue weighted by Gasteiger charge is -2.54. The molecule has 1 aliphatic carbocycles. The normalized spacial score (nSPS) is 31.6. The second kappa shape index (κ2) is 8.35. The fraction of sp³-hybridized carbons (Fsp3) is 0.542. The van der Waals surface area contributed by atoms with Gasteiger partial charge in [-0.25, -0.2) is 0 Å². The minimum Gasteiger partial charge on any atom is -0.376 e. The van der Waals surface area contributed by atoms with Crippen LogP contribution in [-0.2, 0) is 16.1 Å². The third-order valence-corrected chi connectivity index (χ3v) is 6.57. The van der Waals surface area contributed by atoms with Gasteiger partial charge < -0.3 is 4.74 Å². The van der Waals surface area contributed by atoms with Crippen LogP contribution in [0.1, 0.15) is 52.5 Å². The summed E-state index contributed by atoms with van der Waals surface area (Å²) in [6.07, 6.45) is 4.56. The van der Waals surface area contributed by atoms with Gasteiger partial charge in [-0.2, -0.15) is 0 Å². The van der Waals surface area contributed by atoms with Crippen molar-refractivity contribution < 1.29 is 9.53 Å². The number of ketones is 1. The Kier molecular flexibility index (Phi) is 6.63. The van der Waals surface area contributed by atoms with Crippen molar-refractivity contribution >= 4 is 5.78 Å². The third-order valence-electron chi connectivity index (χ3n) is 6.57. The van der Waals surface area contributed by atoms with E-state index >= 15 is 0 Å². The van der Waals surface area contributed by atoms with Crippen molar-refractivity contribution in [2.24, 2.45) is 22.7 Å². The maximum absolute atomic E-state index is 13.2. The van der Waals surface area contributed by atoms with Crippen molar-refractivity contribution in [1.82, 2.24) is 0 Å². The molecule has 0 spiro atoms. The average Bonchev–Trinajstić information content (AvgIpc) is 2.63. The molecule has 0 heterocycles. The molecule has 0 bridgehead atoms. The maximum atomic E-state index is 13.2. The van der Waals surface area contributed by atoms with Crippen molar-refractivity contribution in [2.45, 2.75) is 53.6 Å². The molecular formula is C24H34O2. The van der Waals surface area contributed by atoms with Crippen LogP contribution in [0.15, 0.2) is 55.1 Å². The molecule has 1 saturated carbocycles. The molecule has 0 radical (unpaired) electrons. The zero-order valence-electron chi connectivity index (χ0n) is 16.9. The topological polar surface area (TPSA) is 26.3 Å². The summed E-state index contributed by atoms with van der Waals surface area (Å²) in [6.45, 7) is 17.8. The molecule has 0 aromatic heterocycles. The molecule has 0 amide bonds. The fourth-order valence-corrected chi connectivity index (χ4v) is 4.42. The van der Waals surface area contributed by atoms with Gasteiger partial charge in [-0.3, -0.25) is 4.79 Å². The van der Waals surface area contributed by atoms with Gasteiger partial charge in [-0.05, 0) is 37.7 Å². The SMILES string of the molecule is C=C[C@@]1(C)[C@H](COCc2ccccc2)CC(C)C(=O)[C@]1(C)CCC(=C)C. The van der Waals surface area contributed by atoms with Crippen molar-refractivity contribution in [3.8, 4) is 0 Å². The molecular weight excluding hydrogens is 320 g/mol. The number of ether oxygens (including phenoxy) is 1. The van der Waals surface area contributed by atoms with E-state index in [1.54, 1.807) is 0 Å². The number of rotatable bonds is 8. The third kappa shape index (κ3) is 4.01. The number of hydrogen-bond donors (Lipinski definition) is 0. The summed E-state index contributed by atoms with van der Waals surface area (Å²) in [5, 5.41) is 0. The van der Waals surface area contributed by atoms with Crippen LogP contribution in [-0.4, -0.2) is 12.4 Å². The summed E-state index contributed by atoms with van der Waals surface area (Å²) in [7, 11) is 0. The minimum atomic E-state index is -0.424. The van der Waals surface area contributed by atoms with E-state index in [-0.39, 0.29) is 17.3 Å². The standard InChI is InChI=1S/C24H34O2/c1-7-23(5)21(17-26-16-20-11-9-8-10-12-20)15-19(4)22(25)24(23,6)14-13-18(2)3/h7-12,19,21H,1-2,13-17H2,3-6H3/t19?,21-,23-,24-/m0/s1. The van der Waals surface area contributed by atoms with Crippen LogP contribution in [0.3, 0.4) is 0 Å².